The standard InChI is InChI=1S/C17H21NO4/c1-14(7-8-15-5-3-2-4-6-15)11-12-21-13-22-18-16(19)9-10-17(18)20/h2-8,14H,9-13H2,1H3/b8-7+/t14-/m1/s1. The van der Waals surface area contributed by atoms with Crippen molar-refractivity contribution < 1.29 is 19.2 Å². The van der Waals surface area contributed by atoms with E-state index in [0.29, 0.717) is 12.5 Å². The van der Waals surface area contributed by atoms with Gasteiger partial charge in [0.15, 0.2) is 6.79 Å². The minimum absolute atomic E-state index is 0.0768. The van der Waals surface area contributed by atoms with Crippen molar-refractivity contribution in [1.82, 2.24) is 5.06 Å². The number of amides is 2. The van der Waals surface area contributed by atoms with Crippen LogP contribution in [0.4, 0.5) is 0 Å². The highest BCUT2D eigenvalue weighted by molar-refractivity contribution is 6.00. The molecule has 118 valence electrons. The number of rotatable bonds is 8. The van der Waals surface area contributed by atoms with Crippen LogP contribution in [-0.4, -0.2) is 30.3 Å². The van der Waals surface area contributed by atoms with Crippen molar-refractivity contribution in [2.75, 3.05) is 13.4 Å². The summed E-state index contributed by atoms with van der Waals surface area (Å²) >= 11 is 0. The number of benzene rings is 1. The highest BCUT2D eigenvalue weighted by Gasteiger charge is 2.30. The predicted molar refractivity (Wildman–Crippen MR) is 82.2 cm³/mol. The zero-order valence-corrected chi connectivity index (χ0v) is 12.7. The Morgan fingerprint density at radius 1 is 1.18 bits per heavy atom. The first kappa shape index (κ1) is 16.4. The molecule has 5 heteroatoms. The molecule has 1 saturated heterocycles. The summed E-state index contributed by atoms with van der Waals surface area (Å²) in [5.41, 5.74) is 1.17. The minimum Gasteiger partial charge on any atom is -0.353 e. The number of nitrogens with zero attached hydrogens (tertiary/aromatic N) is 1. The number of hydrogen-bond donors (Lipinski definition) is 0. The maximum absolute atomic E-state index is 11.3. The largest absolute Gasteiger partial charge is 0.353 e. The van der Waals surface area contributed by atoms with Crippen LogP contribution in [0.1, 0.15) is 31.7 Å². The monoisotopic (exact) mass is 303 g/mol. The fraction of sp³-hybridized carbons (Fsp3) is 0.412. The van der Waals surface area contributed by atoms with Gasteiger partial charge in [-0.1, -0.05) is 49.4 Å². The molecule has 0 aliphatic carbocycles. The van der Waals surface area contributed by atoms with Gasteiger partial charge >= 0.3 is 0 Å². The summed E-state index contributed by atoms with van der Waals surface area (Å²) in [6.45, 7) is 2.54. The second-order valence-electron chi connectivity index (χ2n) is 5.27. The van der Waals surface area contributed by atoms with E-state index in [4.69, 9.17) is 9.57 Å². The Balaban J connectivity index is 1.59. The van der Waals surface area contributed by atoms with Gasteiger partial charge in [-0.25, -0.2) is 4.84 Å². The molecule has 0 saturated carbocycles. The lowest BCUT2D eigenvalue weighted by atomic mass is 10.1. The number of carbonyl (C=O) groups excluding carboxylic acids is 2. The first-order chi connectivity index (χ1) is 10.7. The molecule has 22 heavy (non-hydrogen) atoms. The van der Waals surface area contributed by atoms with Gasteiger partial charge in [-0.05, 0) is 17.9 Å². The summed E-state index contributed by atoms with van der Waals surface area (Å²) in [6, 6.07) is 10.1. The molecule has 1 aromatic rings. The third-order valence-corrected chi connectivity index (χ3v) is 3.41. The molecule has 0 radical (unpaired) electrons. The lowest BCUT2D eigenvalue weighted by Gasteiger charge is -2.13. The van der Waals surface area contributed by atoms with E-state index in [9.17, 15) is 9.59 Å². The second kappa shape index (κ2) is 8.46. The average Bonchev–Trinajstić information content (AvgIpc) is 2.85. The van der Waals surface area contributed by atoms with Crippen LogP contribution >= 0.6 is 0 Å². The van der Waals surface area contributed by atoms with Crippen LogP contribution in [0.2, 0.25) is 0 Å². The normalized spacial score (nSPS) is 16.7. The Bertz CT molecular complexity index is 511. The SMILES string of the molecule is C[C@H](/C=C/c1ccccc1)CCOCON1C(=O)CCC1=O. The molecule has 0 aromatic heterocycles. The number of ether oxygens (including phenoxy) is 1. The van der Waals surface area contributed by atoms with E-state index >= 15 is 0 Å². The molecular weight excluding hydrogens is 282 g/mol. The van der Waals surface area contributed by atoms with Crippen LogP contribution in [0.25, 0.3) is 6.08 Å². The minimum atomic E-state index is -0.298. The van der Waals surface area contributed by atoms with Crippen LogP contribution in [0.15, 0.2) is 36.4 Å². The van der Waals surface area contributed by atoms with Crippen molar-refractivity contribution in [3.63, 3.8) is 0 Å². The molecule has 1 aromatic carbocycles. The summed E-state index contributed by atoms with van der Waals surface area (Å²) in [6.07, 6.45) is 5.50. The summed E-state index contributed by atoms with van der Waals surface area (Å²) in [7, 11) is 0. The zero-order chi connectivity index (χ0) is 15.8. The molecule has 0 spiro atoms. The van der Waals surface area contributed by atoms with E-state index in [1.165, 1.54) is 5.56 Å². The third kappa shape index (κ3) is 5.09. The highest BCUT2D eigenvalue weighted by Crippen LogP contribution is 2.12. The number of allylic oxidation sites excluding steroid dienone is 1. The summed E-state index contributed by atoms with van der Waals surface area (Å²) in [5, 5.41) is 0.804. The van der Waals surface area contributed by atoms with Crippen molar-refractivity contribution in [1.29, 1.82) is 0 Å². The van der Waals surface area contributed by atoms with E-state index in [0.717, 1.165) is 11.5 Å². The molecule has 0 N–H and O–H groups in total. The Morgan fingerprint density at radius 2 is 1.86 bits per heavy atom. The molecule has 1 aliphatic heterocycles. The Hall–Kier alpha value is -1.98. The van der Waals surface area contributed by atoms with Crippen LogP contribution < -0.4 is 0 Å². The lowest BCUT2D eigenvalue weighted by molar-refractivity contribution is -0.217. The van der Waals surface area contributed by atoms with E-state index < -0.39 is 0 Å². The molecular formula is C17H21NO4. The third-order valence-electron chi connectivity index (χ3n) is 3.41. The van der Waals surface area contributed by atoms with Gasteiger partial charge in [0.2, 0.25) is 0 Å². The quantitative estimate of drug-likeness (QED) is 0.421. The van der Waals surface area contributed by atoms with Crippen LogP contribution in [0, 0.1) is 5.92 Å². The van der Waals surface area contributed by atoms with Crippen molar-refractivity contribution in [3.8, 4) is 0 Å². The maximum atomic E-state index is 11.3. The Kier molecular flexibility index (Phi) is 6.30. The fourth-order valence-electron chi connectivity index (χ4n) is 2.05. The number of imide groups is 1. The van der Waals surface area contributed by atoms with Gasteiger partial charge in [-0.2, -0.15) is 5.06 Å². The summed E-state index contributed by atoms with van der Waals surface area (Å²) in [4.78, 5) is 27.6. The van der Waals surface area contributed by atoms with E-state index in [1.54, 1.807) is 0 Å². The number of hydroxylamine groups is 2. The smallest absolute Gasteiger partial charge is 0.254 e. The van der Waals surface area contributed by atoms with Crippen LogP contribution in [0.5, 0.6) is 0 Å². The molecule has 1 aliphatic rings. The molecule has 0 unspecified atom stereocenters. The van der Waals surface area contributed by atoms with Crippen molar-refractivity contribution in [3.05, 3.63) is 42.0 Å². The molecule has 5 nitrogen and oxygen atoms in total. The van der Waals surface area contributed by atoms with Crippen molar-refractivity contribution >= 4 is 17.9 Å². The van der Waals surface area contributed by atoms with Crippen molar-refractivity contribution in [2.45, 2.75) is 26.2 Å². The molecule has 2 amide bonds. The lowest BCUT2D eigenvalue weighted by Crippen LogP contribution is -2.30. The first-order valence-corrected chi connectivity index (χ1v) is 7.46. The summed E-state index contributed by atoms with van der Waals surface area (Å²) in [5.74, 6) is -0.226. The van der Waals surface area contributed by atoms with Crippen LogP contribution in [0.3, 0.4) is 0 Å². The molecule has 1 atom stereocenters. The molecule has 1 fully saturated rings. The van der Waals surface area contributed by atoms with Gasteiger partial charge in [0, 0.05) is 12.8 Å². The van der Waals surface area contributed by atoms with E-state index in [-0.39, 0.29) is 31.4 Å². The van der Waals surface area contributed by atoms with Gasteiger partial charge in [-0.15, -0.1) is 0 Å². The predicted octanol–water partition coefficient (Wildman–Crippen LogP) is 2.78. The van der Waals surface area contributed by atoms with Gasteiger partial charge in [-0.3, -0.25) is 9.59 Å². The first-order valence-electron chi connectivity index (χ1n) is 7.46. The van der Waals surface area contributed by atoms with E-state index in [2.05, 4.69) is 31.2 Å². The maximum Gasteiger partial charge on any atom is 0.254 e. The fourth-order valence-corrected chi connectivity index (χ4v) is 2.05. The van der Waals surface area contributed by atoms with Gasteiger partial charge in [0.25, 0.3) is 11.8 Å². The second-order valence-corrected chi connectivity index (χ2v) is 5.27. The molecule has 0 bridgehead atoms. The summed E-state index contributed by atoms with van der Waals surface area (Å²) < 4.78 is 5.31. The van der Waals surface area contributed by atoms with Crippen LogP contribution in [-0.2, 0) is 19.2 Å². The topological polar surface area (TPSA) is 55.8 Å². The van der Waals surface area contributed by atoms with Gasteiger partial charge < -0.3 is 4.74 Å². The van der Waals surface area contributed by atoms with Crippen molar-refractivity contribution in [2.24, 2.45) is 5.92 Å². The van der Waals surface area contributed by atoms with Gasteiger partial charge in [0.05, 0.1) is 6.61 Å². The van der Waals surface area contributed by atoms with E-state index in [1.807, 2.05) is 18.2 Å². The average molecular weight is 303 g/mol. The number of hydrogen-bond acceptors (Lipinski definition) is 4. The Morgan fingerprint density at radius 3 is 2.55 bits per heavy atom. The number of carbonyl (C=O) groups is 2. The molecule has 2 rings (SSSR count). The Labute approximate surface area is 130 Å². The van der Waals surface area contributed by atoms with Gasteiger partial charge in [0.1, 0.15) is 0 Å². The highest BCUT2D eigenvalue weighted by atomic mass is 16.8. The zero-order valence-electron chi connectivity index (χ0n) is 12.7. The molecule has 1 heterocycles.